The largest absolute Gasteiger partial charge is 0.463 e. The first-order valence-electron chi connectivity index (χ1n) is 17.0. The molecule has 1 spiro atoms. The summed E-state index contributed by atoms with van der Waals surface area (Å²) in [4.78, 5) is 58.7. The van der Waals surface area contributed by atoms with Gasteiger partial charge in [0.25, 0.3) is 0 Å². The third-order valence-electron chi connectivity index (χ3n) is 9.56. The lowest BCUT2D eigenvalue weighted by atomic mass is 9.70. The number of nitrogens with one attached hydrogen (secondary N) is 1. The van der Waals surface area contributed by atoms with Crippen molar-refractivity contribution in [1.82, 2.24) is 15.1 Å². The molecule has 11 heteroatoms. The highest BCUT2D eigenvalue weighted by molar-refractivity contribution is 9.09. The molecule has 0 radical (unpaired) electrons. The minimum atomic E-state index is -1.16. The van der Waals surface area contributed by atoms with E-state index < -0.39 is 41.6 Å². The molecule has 47 heavy (non-hydrogen) atoms. The molecule has 7 atom stereocenters. The Bertz CT molecular complexity index is 1260. The van der Waals surface area contributed by atoms with Gasteiger partial charge in [0, 0.05) is 37.5 Å². The molecule has 4 rings (SSSR count). The summed E-state index contributed by atoms with van der Waals surface area (Å²) < 4.78 is 12.2. The molecule has 0 saturated carbocycles. The second-order valence-electron chi connectivity index (χ2n) is 12.7. The molecule has 3 heterocycles. The molecule has 3 aliphatic heterocycles. The number of nitrogens with zero attached hydrogens (tertiary/aromatic N) is 2. The molecule has 3 amide bonds. The van der Waals surface area contributed by atoms with Crippen LogP contribution in [0.3, 0.4) is 0 Å². The standard InChI is InChI=1S/C36H50BrN3O7/c1-4-7-18-28(42)46-24-27(25-16-12-11-13-17-25)38-33(43)29-30-34(44)40(21-14-9-10-15-22-41)32(36(30)23-26(37)31(29)47-36)35(45)39(19-6-3)20-8-5-2/h4,6,11-13,16-17,26-27,29-32,41H,1,3,5,7-10,14-15,18-24H2,2H3,(H,38,43)/t26?,27-,29-,30+,31-,32-,36+/m1/s1. The van der Waals surface area contributed by atoms with Crippen LogP contribution in [0.5, 0.6) is 0 Å². The van der Waals surface area contributed by atoms with E-state index in [4.69, 9.17) is 9.47 Å². The summed E-state index contributed by atoms with van der Waals surface area (Å²) in [7, 11) is 0. The zero-order chi connectivity index (χ0) is 34.0. The van der Waals surface area contributed by atoms with Gasteiger partial charge < -0.3 is 29.7 Å². The van der Waals surface area contributed by atoms with E-state index in [1.807, 2.05) is 30.3 Å². The van der Waals surface area contributed by atoms with Crippen LogP contribution in [0.25, 0.3) is 0 Å². The maximum atomic E-state index is 14.4. The van der Waals surface area contributed by atoms with Crippen LogP contribution >= 0.6 is 15.9 Å². The van der Waals surface area contributed by atoms with Gasteiger partial charge in [-0.3, -0.25) is 19.2 Å². The van der Waals surface area contributed by atoms with Gasteiger partial charge >= 0.3 is 5.97 Å². The predicted molar refractivity (Wildman–Crippen MR) is 182 cm³/mol. The summed E-state index contributed by atoms with van der Waals surface area (Å²) in [6.07, 6.45) is 8.51. The van der Waals surface area contributed by atoms with Crippen molar-refractivity contribution in [3.05, 3.63) is 61.2 Å². The zero-order valence-electron chi connectivity index (χ0n) is 27.5. The molecule has 10 nitrogen and oxygen atoms in total. The van der Waals surface area contributed by atoms with Gasteiger partial charge in [0.15, 0.2) is 0 Å². The van der Waals surface area contributed by atoms with Crippen LogP contribution in [0.1, 0.15) is 76.3 Å². The number of allylic oxidation sites excluding steroid dienone is 1. The van der Waals surface area contributed by atoms with Crippen molar-refractivity contribution in [2.45, 2.75) is 93.3 Å². The van der Waals surface area contributed by atoms with Crippen molar-refractivity contribution in [2.75, 3.05) is 32.8 Å². The fourth-order valence-corrected chi connectivity index (χ4v) is 8.25. The molecular weight excluding hydrogens is 666 g/mol. The quantitative estimate of drug-likeness (QED) is 0.0884. The maximum absolute atomic E-state index is 14.4. The first-order chi connectivity index (χ1) is 22.7. The molecule has 2 bridgehead atoms. The number of unbranched alkanes of at least 4 members (excludes halogenated alkanes) is 4. The highest BCUT2D eigenvalue weighted by Crippen LogP contribution is 2.60. The van der Waals surface area contributed by atoms with Crippen LogP contribution in [0, 0.1) is 11.8 Å². The van der Waals surface area contributed by atoms with Crippen LogP contribution in [-0.4, -0.2) is 94.0 Å². The van der Waals surface area contributed by atoms with Crippen LogP contribution in [0.4, 0.5) is 0 Å². The van der Waals surface area contributed by atoms with Crippen LogP contribution in [0.15, 0.2) is 55.6 Å². The first kappa shape index (κ1) is 36.8. The van der Waals surface area contributed by atoms with Gasteiger partial charge in [0.2, 0.25) is 17.7 Å². The Hall–Kier alpha value is -3.02. The second-order valence-corrected chi connectivity index (χ2v) is 13.9. The van der Waals surface area contributed by atoms with E-state index in [2.05, 4.69) is 41.3 Å². The van der Waals surface area contributed by atoms with E-state index in [-0.39, 0.29) is 42.2 Å². The minimum absolute atomic E-state index is 0.0690. The van der Waals surface area contributed by atoms with Gasteiger partial charge in [-0.05, 0) is 37.7 Å². The number of benzene rings is 1. The molecular formula is C36H50BrN3O7. The molecule has 3 aliphatic rings. The number of carbonyl (C=O) groups excluding carboxylic acids is 4. The number of likely N-dealkylation sites (tertiary alicyclic amines) is 1. The Balaban J connectivity index is 1.63. The number of fused-ring (bicyclic) bond motifs is 1. The number of esters is 1. The average molecular weight is 717 g/mol. The number of rotatable bonds is 20. The van der Waals surface area contributed by atoms with Gasteiger partial charge in [0.1, 0.15) is 18.2 Å². The molecule has 1 aromatic rings. The van der Waals surface area contributed by atoms with Gasteiger partial charge in [-0.1, -0.05) is 84.6 Å². The molecule has 3 saturated heterocycles. The van der Waals surface area contributed by atoms with Gasteiger partial charge in [0.05, 0.1) is 24.0 Å². The smallest absolute Gasteiger partial charge is 0.306 e. The molecule has 0 aliphatic carbocycles. The van der Waals surface area contributed by atoms with E-state index in [0.29, 0.717) is 45.3 Å². The van der Waals surface area contributed by atoms with Crippen molar-refractivity contribution in [1.29, 1.82) is 0 Å². The van der Waals surface area contributed by atoms with Crippen molar-refractivity contribution >= 4 is 39.6 Å². The second kappa shape index (κ2) is 17.4. The number of hydrogen-bond acceptors (Lipinski definition) is 7. The lowest BCUT2D eigenvalue weighted by Gasteiger charge is -2.37. The number of amides is 3. The summed E-state index contributed by atoms with van der Waals surface area (Å²) in [6, 6.07) is 7.76. The molecule has 1 aromatic carbocycles. The minimum Gasteiger partial charge on any atom is -0.463 e. The van der Waals surface area contributed by atoms with Crippen LogP contribution in [0.2, 0.25) is 0 Å². The number of ether oxygens (including phenoxy) is 2. The van der Waals surface area contributed by atoms with E-state index in [0.717, 1.165) is 31.2 Å². The van der Waals surface area contributed by atoms with E-state index in [9.17, 15) is 24.3 Å². The van der Waals surface area contributed by atoms with Crippen molar-refractivity contribution in [3.63, 3.8) is 0 Å². The van der Waals surface area contributed by atoms with Gasteiger partial charge in [-0.25, -0.2) is 0 Å². The third kappa shape index (κ3) is 8.17. The molecule has 2 N–H and O–H groups in total. The van der Waals surface area contributed by atoms with Crippen molar-refractivity contribution in [2.24, 2.45) is 11.8 Å². The van der Waals surface area contributed by atoms with Crippen LogP contribution in [-0.2, 0) is 28.7 Å². The molecule has 1 unspecified atom stereocenters. The number of hydrogen-bond donors (Lipinski definition) is 2. The van der Waals surface area contributed by atoms with Crippen molar-refractivity contribution in [3.8, 4) is 0 Å². The summed E-state index contributed by atoms with van der Waals surface area (Å²) in [6.45, 7) is 10.9. The fourth-order valence-electron chi connectivity index (χ4n) is 7.31. The van der Waals surface area contributed by atoms with Gasteiger partial charge in [-0.2, -0.15) is 0 Å². The Morgan fingerprint density at radius 2 is 1.91 bits per heavy atom. The van der Waals surface area contributed by atoms with E-state index >= 15 is 0 Å². The highest BCUT2D eigenvalue weighted by atomic mass is 79.9. The Kier molecular flexibility index (Phi) is 13.6. The number of halogens is 1. The Morgan fingerprint density at radius 1 is 1.17 bits per heavy atom. The zero-order valence-corrected chi connectivity index (χ0v) is 29.1. The number of aliphatic hydroxyl groups is 1. The summed E-state index contributed by atoms with van der Waals surface area (Å²) in [5, 5.41) is 12.3. The molecule has 3 fully saturated rings. The first-order valence-corrected chi connectivity index (χ1v) is 17.9. The van der Waals surface area contributed by atoms with E-state index in [1.165, 1.54) is 0 Å². The predicted octanol–water partition coefficient (Wildman–Crippen LogP) is 4.47. The summed E-state index contributed by atoms with van der Waals surface area (Å²) in [5.74, 6) is -2.87. The Labute approximate surface area is 287 Å². The fraction of sp³-hybridized carbons (Fsp3) is 0.611. The lowest BCUT2D eigenvalue weighted by molar-refractivity contribution is -0.148. The van der Waals surface area contributed by atoms with Crippen LogP contribution < -0.4 is 5.32 Å². The number of carbonyl (C=O) groups is 4. The topological polar surface area (TPSA) is 125 Å². The molecule has 258 valence electrons. The highest BCUT2D eigenvalue weighted by Gasteiger charge is 2.76. The average Bonchev–Trinajstić information content (AvgIpc) is 3.66. The van der Waals surface area contributed by atoms with Crippen molar-refractivity contribution < 1.29 is 33.8 Å². The number of aliphatic hydroxyl groups excluding tert-OH is 1. The Morgan fingerprint density at radius 3 is 2.60 bits per heavy atom. The maximum Gasteiger partial charge on any atom is 0.306 e. The normalized spacial score (nSPS) is 26.5. The summed E-state index contributed by atoms with van der Waals surface area (Å²) in [5.41, 5.74) is -0.400. The lowest BCUT2D eigenvalue weighted by Crippen LogP contribution is -2.57. The van der Waals surface area contributed by atoms with Gasteiger partial charge in [-0.15, -0.1) is 13.2 Å². The number of alkyl halides is 1. The van der Waals surface area contributed by atoms with E-state index in [1.54, 1.807) is 22.0 Å². The molecule has 0 aromatic heterocycles. The monoisotopic (exact) mass is 715 g/mol. The summed E-state index contributed by atoms with van der Waals surface area (Å²) >= 11 is 3.75. The third-order valence-corrected chi connectivity index (χ3v) is 10.4. The SMILES string of the molecule is C=CCCC(=O)OC[C@@H](NC(=O)[C@H]1[C@@H]2O[C@@]3(CC2Br)[C@@H]1C(=O)N(CCCCCCO)[C@@H]3C(=O)N(CC=C)CCCC)c1ccccc1.